The maximum Gasteiger partial charge on any atom is 0.289 e. The molecule has 1 amide bonds. The standard InChI is InChI=1S/C19H22ClN3O3/c1-14-15-4-2-5-16(20)18(15)26-17(14)19(24)23(7-3-6-21)9-8-22-10-12-25-13-11-22/h2,4-5H,3,7-13H2,1H3. The molecule has 1 aromatic carbocycles. The molecule has 1 aliphatic heterocycles. The van der Waals surface area contributed by atoms with Crippen molar-refractivity contribution in [3.05, 3.63) is 34.5 Å². The number of carbonyl (C=O) groups excluding carboxylic acids is 1. The molecule has 1 saturated heterocycles. The number of amides is 1. The van der Waals surface area contributed by atoms with Gasteiger partial charge in [-0.25, -0.2) is 0 Å². The fraction of sp³-hybridized carbons (Fsp3) is 0.474. The third kappa shape index (κ3) is 4.01. The first-order chi connectivity index (χ1) is 12.6. The summed E-state index contributed by atoms with van der Waals surface area (Å²) >= 11 is 6.19. The summed E-state index contributed by atoms with van der Waals surface area (Å²) in [6, 6.07) is 7.59. The van der Waals surface area contributed by atoms with Crippen LogP contribution in [0.25, 0.3) is 11.0 Å². The van der Waals surface area contributed by atoms with Gasteiger partial charge in [-0.3, -0.25) is 9.69 Å². The van der Waals surface area contributed by atoms with E-state index in [2.05, 4.69) is 11.0 Å². The number of hydrogen-bond donors (Lipinski definition) is 0. The number of nitriles is 1. The molecule has 0 N–H and O–H groups in total. The number of ether oxygens (including phenoxy) is 1. The fourth-order valence-electron chi connectivity index (χ4n) is 3.14. The molecule has 0 bridgehead atoms. The molecule has 1 aromatic heterocycles. The highest BCUT2D eigenvalue weighted by molar-refractivity contribution is 6.35. The van der Waals surface area contributed by atoms with E-state index in [9.17, 15) is 4.79 Å². The number of benzene rings is 1. The summed E-state index contributed by atoms with van der Waals surface area (Å²) in [5.74, 6) is 0.103. The third-order valence-corrected chi connectivity index (χ3v) is 4.98. The number of para-hydroxylation sites is 1. The maximum absolute atomic E-state index is 13.1. The number of halogens is 1. The fourth-order valence-corrected chi connectivity index (χ4v) is 3.36. The van der Waals surface area contributed by atoms with Crippen molar-refractivity contribution in [2.75, 3.05) is 45.9 Å². The minimum atomic E-state index is -0.196. The molecular weight excluding hydrogens is 354 g/mol. The van der Waals surface area contributed by atoms with Crippen LogP contribution in [0.4, 0.5) is 0 Å². The molecule has 1 fully saturated rings. The van der Waals surface area contributed by atoms with Crippen LogP contribution in [0, 0.1) is 18.3 Å². The highest BCUT2D eigenvalue weighted by Crippen LogP contribution is 2.31. The van der Waals surface area contributed by atoms with Crippen LogP contribution in [-0.2, 0) is 4.74 Å². The minimum Gasteiger partial charge on any atom is -0.449 e. The highest BCUT2D eigenvalue weighted by Gasteiger charge is 2.24. The van der Waals surface area contributed by atoms with Crippen LogP contribution in [-0.4, -0.2) is 61.6 Å². The van der Waals surface area contributed by atoms with Gasteiger partial charge in [-0.1, -0.05) is 23.7 Å². The third-order valence-electron chi connectivity index (χ3n) is 4.68. The van der Waals surface area contributed by atoms with E-state index in [1.165, 1.54) is 0 Å². The van der Waals surface area contributed by atoms with E-state index < -0.39 is 0 Å². The first kappa shape index (κ1) is 18.7. The van der Waals surface area contributed by atoms with Gasteiger partial charge in [0.1, 0.15) is 0 Å². The second-order valence-electron chi connectivity index (χ2n) is 6.33. The van der Waals surface area contributed by atoms with Gasteiger partial charge in [-0.15, -0.1) is 0 Å². The Morgan fingerprint density at radius 2 is 2.12 bits per heavy atom. The lowest BCUT2D eigenvalue weighted by Crippen LogP contribution is -2.43. The molecule has 0 saturated carbocycles. The van der Waals surface area contributed by atoms with Crippen molar-refractivity contribution in [3.8, 4) is 6.07 Å². The van der Waals surface area contributed by atoms with Gasteiger partial charge in [0, 0.05) is 43.7 Å². The zero-order valence-electron chi connectivity index (χ0n) is 14.8. The maximum atomic E-state index is 13.1. The highest BCUT2D eigenvalue weighted by atomic mass is 35.5. The van der Waals surface area contributed by atoms with Crippen LogP contribution in [0.5, 0.6) is 0 Å². The Labute approximate surface area is 157 Å². The molecule has 1 aliphatic rings. The molecule has 3 rings (SSSR count). The van der Waals surface area contributed by atoms with Crippen molar-refractivity contribution in [1.82, 2.24) is 9.80 Å². The van der Waals surface area contributed by atoms with Crippen LogP contribution in [0.1, 0.15) is 22.5 Å². The number of hydrogen-bond acceptors (Lipinski definition) is 5. The summed E-state index contributed by atoms with van der Waals surface area (Å²) in [4.78, 5) is 17.0. The summed E-state index contributed by atoms with van der Waals surface area (Å²) < 4.78 is 11.2. The molecular formula is C19H22ClN3O3. The van der Waals surface area contributed by atoms with Crippen molar-refractivity contribution >= 4 is 28.5 Å². The Kier molecular flexibility index (Phi) is 6.15. The smallest absolute Gasteiger partial charge is 0.289 e. The zero-order valence-corrected chi connectivity index (χ0v) is 15.6. The molecule has 7 heteroatoms. The first-order valence-electron chi connectivity index (χ1n) is 8.75. The van der Waals surface area contributed by atoms with Gasteiger partial charge in [-0.05, 0) is 13.0 Å². The predicted octanol–water partition coefficient (Wildman–Crippen LogP) is 3.08. The molecule has 2 heterocycles. The van der Waals surface area contributed by atoms with E-state index in [0.717, 1.165) is 30.6 Å². The van der Waals surface area contributed by atoms with Gasteiger partial charge in [-0.2, -0.15) is 5.26 Å². The predicted molar refractivity (Wildman–Crippen MR) is 99.4 cm³/mol. The molecule has 0 atom stereocenters. The second-order valence-corrected chi connectivity index (χ2v) is 6.73. The molecule has 0 unspecified atom stereocenters. The normalized spacial score (nSPS) is 15.1. The Hall–Kier alpha value is -2.07. The van der Waals surface area contributed by atoms with E-state index >= 15 is 0 Å². The first-order valence-corrected chi connectivity index (χ1v) is 9.13. The monoisotopic (exact) mass is 375 g/mol. The van der Waals surface area contributed by atoms with Crippen LogP contribution in [0.15, 0.2) is 22.6 Å². The Morgan fingerprint density at radius 1 is 1.35 bits per heavy atom. The summed E-state index contributed by atoms with van der Waals surface area (Å²) in [6.45, 7) is 6.69. The van der Waals surface area contributed by atoms with Crippen molar-refractivity contribution in [2.24, 2.45) is 0 Å². The SMILES string of the molecule is Cc1c(C(=O)N(CCC#N)CCN2CCOCC2)oc2c(Cl)cccc12. The van der Waals surface area contributed by atoms with E-state index in [-0.39, 0.29) is 12.3 Å². The zero-order chi connectivity index (χ0) is 18.5. The van der Waals surface area contributed by atoms with Crippen LogP contribution >= 0.6 is 11.6 Å². The van der Waals surface area contributed by atoms with Crippen molar-refractivity contribution in [2.45, 2.75) is 13.3 Å². The van der Waals surface area contributed by atoms with E-state index in [1.807, 2.05) is 19.1 Å². The lowest BCUT2D eigenvalue weighted by atomic mass is 10.1. The van der Waals surface area contributed by atoms with Crippen molar-refractivity contribution < 1.29 is 13.9 Å². The largest absolute Gasteiger partial charge is 0.449 e. The summed E-state index contributed by atoms with van der Waals surface area (Å²) in [5, 5.41) is 10.3. The minimum absolute atomic E-state index is 0.196. The Balaban J connectivity index is 1.79. The number of aryl methyl sites for hydroxylation is 1. The quantitative estimate of drug-likeness (QED) is 0.776. The second kappa shape index (κ2) is 8.54. The number of carbonyl (C=O) groups is 1. The summed E-state index contributed by atoms with van der Waals surface area (Å²) in [7, 11) is 0. The molecule has 26 heavy (non-hydrogen) atoms. The summed E-state index contributed by atoms with van der Waals surface area (Å²) in [6.07, 6.45) is 0.287. The average molecular weight is 376 g/mol. The van der Waals surface area contributed by atoms with Gasteiger partial charge in [0.25, 0.3) is 5.91 Å². The molecule has 0 spiro atoms. The lowest BCUT2D eigenvalue weighted by molar-refractivity contribution is 0.0322. The van der Waals surface area contributed by atoms with Gasteiger partial charge < -0.3 is 14.1 Å². The lowest BCUT2D eigenvalue weighted by Gasteiger charge is -2.29. The topological polar surface area (TPSA) is 69.7 Å². The van der Waals surface area contributed by atoms with E-state index in [1.54, 1.807) is 11.0 Å². The Bertz CT molecular complexity index is 821. The summed E-state index contributed by atoms with van der Waals surface area (Å²) in [5.41, 5.74) is 1.31. The number of rotatable bonds is 6. The number of morpholine rings is 1. The number of nitrogens with zero attached hydrogens (tertiary/aromatic N) is 3. The average Bonchev–Trinajstić information content (AvgIpc) is 3.00. The number of furan rings is 1. The number of fused-ring (bicyclic) bond motifs is 1. The van der Waals surface area contributed by atoms with E-state index in [4.69, 9.17) is 26.0 Å². The van der Waals surface area contributed by atoms with Crippen molar-refractivity contribution in [1.29, 1.82) is 5.26 Å². The molecule has 0 radical (unpaired) electrons. The van der Waals surface area contributed by atoms with Gasteiger partial charge in [0.15, 0.2) is 11.3 Å². The molecule has 6 nitrogen and oxygen atoms in total. The van der Waals surface area contributed by atoms with Crippen molar-refractivity contribution in [3.63, 3.8) is 0 Å². The van der Waals surface area contributed by atoms with Gasteiger partial charge >= 0.3 is 0 Å². The molecule has 2 aromatic rings. The molecule has 0 aliphatic carbocycles. The van der Waals surface area contributed by atoms with E-state index in [0.29, 0.717) is 42.7 Å². The van der Waals surface area contributed by atoms with Crippen LogP contribution < -0.4 is 0 Å². The van der Waals surface area contributed by atoms with Crippen LogP contribution in [0.3, 0.4) is 0 Å². The van der Waals surface area contributed by atoms with Gasteiger partial charge in [0.2, 0.25) is 0 Å². The van der Waals surface area contributed by atoms with Gasteiger partial charge in [0.05, 0.1) is 30.7 Å². The Morgan fingerprint density at radius 3 is 2.81 bits per heavy atom. The molecule has 138 valence electrons. The van der Waals surface area contributed by atoms with Crippen LogP contribution in [0.2, 0.25) is 5.02 Å².